The maximum atomic E-state index is 10.9. The maximum Gasteiger partial charge on any atom is 0.326 e. The number of carbonyl (C=O) groups excluding carboxylic acids is 1. The quantitative estimate of drug-likeness (QED) is 0.747. The van der Waals surface area contributed by atoms with Crippen LogP contribution in [0.25, 0.3) is 0 Å². The fourth-order valence-corrected chi connectivity index (χ4v) is 2.55. The molecular weight excluding hydrogens is 322 g/mol. The van der Waals surface area contributed by atoms with E-state index in [0.29, 0.717) is 22.6 Å². The fraction of sp³-hybridized carbons (Fsp3) is 0.455. The summed E-state index contributed by atoms with van der Waals surface area (Å²) in [6, 6.07) is 2.85. The molecule has 7 heteroatoms. The van der Waals surface area contributed by atoms with E-state index >= 15 is 0 Å². The molecule has 1 heterocycles. The lowest BCUT2D eigenvalue weighted by Crippen LogP contribution is -2.39. The molecule has 0 saturated carbocycles. The SMILES string of the molecule is CC(=O)NC(CCSCc1ccc(Br)o1)C(=O)O. The highest BCUT2D eigenvalue weighted by Gasteiger charge is 2.17. The Labute approximate surface area is 117 Å². The minimum Gasteiger partial charge on any atom is -0.480 e. The molecule has 0 aliphatic carbocycles. The van der Waals surface area contributed by atoms with Gasteiger partial charge in [0.05, 0.1) is 5.75 Å². The second-order valence-corrected chi connectivity index (χ2v) is 5.53. The van der Waals surface area contributed by atoms with Gasteiger partial charge < -0.3 is 14.8 Å². The van der Waals surface area contributed by atoms with Gasteiger partial charge in [-0.05, 0) is 40.2 Å². The molecule has 0 aromatic carbocycles. The van der Waals surface area contributed by atoms with Gasteiger partial charge in [0.15, 0.2) is 4.67 Å². The van der Waals surface area contributed by atoms with Crippen LogP contribution < -0.4 is 5.32 Å². The van der Waals surface area contributed by atoms with E-state index in [0.717, 1.165) is 5.76 Å². The van der Waals surface area contributed by atoms with Gasteiger partial charge in [-0.1, -0.05) is 0 Å². The fourth-order valence-electron chi connectivity index (χ4n) is 1.31. The summed E-state index contributed by atoms with van der Waals surface area (Å²) < 4.78 is 5.99. The van der Waals surface area contributed by atoms with Gasteiger partial charge in [-0.25, -0.2) is 4.79 Å². The average molecular weight is 336 g/mol. The number of halogens is 1. The largest absolute Gasteiger partial charge is 0.480 e. The molecule has 0 fully saturated rings. The molecule has 1 amide bonds. The van der Waals surface area contributed by atoms with E-state index in [9.17, 15) is 9.59 Å². The van der Waals surface area contributed by atoms with E-state index in [1.54, 1.807) is 11.8 Å². The van der Waals surface area contributed by atoms with Crippen LogP contribution in [-0.2, 0) is 15.3 Å². The average Bonchev–Trinajstić information content (AvgIpc) is 2.68. The number of carboxylic acids is 1. The number of furan rings is 1. The standard InChI is InChI=1S/C11H14BrNO4S/c1-7(14)13-9(11(15)16)4-5-18-6-8-2-3-10(12)17-8/h2-3,9H,4-6H2,1H3,(H,13,14)(H,15,16). The topological polar surface area (TPSA) is 79.5 Å². The minimum absolute atomic E-state index is 0.331. The number of carbonyl (C=O) groups is 2. The molecular formula is C11H14BrNO4S. The van der Waals surface area contributed by atoms with Crippen LogP contribution in [0.5, 0.6) is 0 Å². The smallest absolute Gasteiger partial charge is 0.326 e. The zero-order valence-electron chi connectivity index (χ0n) is 9.81. The van der Waals surface area contributed by atoms with Crippen LogP contribution in [-0.4, -0.2) is 28.8 Å². The number of amides is 1. The van der Waals surface area contributed by atoms with E-state index in [4.69, 9.17) is 9.52 Å². The molecule has 0 aliphatic rings. The molecule has 1 aromatic heterocycles. The molecule has 5 nitrogen and oxygen atoms in total. The van der Waals surface area contributed by atoms with Crippen LogP contribution in [0.2, 0.25) is 0 Å². The summed E-state index contributed by atoms with van der Waals surface area (Å²) in [4.78, 5) is 21.7. The summed E-state index contributed by atoms with van der Waals surface area (Å²) in [5.41, 5.74) is 0. The second kappa shape index (κ2) is 7.48. The molecule has 2 N–H and O–H groups in total. The summed E-state index contributed by atoms with van der Waals surface area (Å²) in [6.07, 6.45) is 0.390. The van der Waals surface area contributed by atoms with Crippen LogP contribution in [0.1, 0.15) is 19.1 Å². The monoisotopic (exact) mass is 335 g/mol. The highest BCUT2D eigenvalue weighted by molar-refractivity contribution is 9.10. The Morgan fingerprint density at radius 3 is 2.78 bits per heavy atom. The molecule has 1 atom stereocenters. The molecule has 1 rings (SSSR count). The van der Waals surface area contributed by atoms with Crippen molar-refractivity contribution < 1.29 is 19.1 Å². The Hall–Kier alpha value is -0.950. The van der Waals surface area contributed by atoms with Crippen LogP contribution in [0, 0.1) is 0 Å². The third-order valence-corrected chi connectivity index (χ3v) is 3.54. The first-order valence-corrected chi connectivity index (χ1v) is 7.25. The lowest BCUT2D eigenvalue weighted by Gasteiger charge is -2.12. The van der Waals surface area contributed by atoms with Crippen molar-refractivity contribution in [2.45, 2.75) is 25.1 Å². The Kier molecular flexibility index (Phi) is 6.28. The normalized spacial score (nSPS) is 12.1. The van der Waals surface area contributed by atoms with Crippen molar-refractivity contribution in [3.05, 3.63) is 22.6 Å². The molecule has 0 aliphatic heterocycles. The summed E-state index contributed by atoms with van der Waals surface area (Å²) in [5.74, 6) is 0.806. The first kappa shape index (κ1) is 15.1. The number of nitrogens with one attached hydrogen (secondary N) is 1. The van der Waals surface area contributed by atoms with Crippen LogP contribution in [0.15, 0.2) is 21.2 Å². The van der Waals surface area contributed by atoms with Crippen LogP contribution in [0.3, 0.4) is 0 Å². The van der Waals surface area contributed by atoms with Crippen LogP contribution in [0.4, 0.5) is 0 Å². The van der Waals surface area contributed by atoms with Crippen molar-refractivity contribution in [2.24, 2.45) is 0 Å². The second-order valence-electron chi connectivity index (χ2n) is 3.64. The molecule has 0 bridgehead atoms. The lowest BCUT2D eigenvalue weighted by molar-refractivity contribution is -0.141. The summed E-state index contributed by atoms with van der Waals surface area (Å²) in [5, 5.41) is 11.3. The van der Waals surface area contributed by atoms with Crippen molar-refractivity contribution in [2.75, 3.05) is 5.75 Å². The number of rotatable bonds is 7. The predicted molar refractivity (Wildman–Crippen MR) is 72.4 cm³/mol. The van der Waals surface area contributed by atoms with Crippen molar-refractivity contribution in [1.82, 2.24) is 5.32 Å². The van der Waals surface area contributed by atoms with E-state index in [-0.39, 0.29) is 5.91 Å². The highest BCUT2D eigenvalue weighted by Crippen LogP contribution is 2.19. The third-order valence-electron chi connectivity index (χ3n) is 2.10. The highest BCUT2D eigenvalue weighted by atomic mass is 79.9. The van der Waals surface area contributed by atoms with E-state index in [2.05, 4.69) is 21.2 Å². The van der Waals surface area contributed by atoms with Crippen molar-refractivity contribution in [3.8, 4) is 0 Å². The molecule has 100 valence electrons. The third kappa shape index (κ3) is 5.59. The number of carboxylic acid groups (broad SMARTS) is 1. The molecule has 0 radical (unpaired) electrons. The van der Waals surface area contributed by atoms with Gasteiger partial charge in [-0.15, -0.1) is 0 Å². The van der Waals surface area contributed by atoms with Gasteiger partial charge in [-0.3, -0.25) is 4.79 Å². The van der Waals surface area contributed by atoms with E-state index < -0.39 is 12.0 Å². The predicted octanol–water partition coefficient (Wildman–Crippen LogP) is 2.25. The first-order chi connectivity index (χ1) is 8.49. The molecule has 1 unspecified atom stereocenters. The summed E-state index contributed by atoms with van der Waals surface area (Å²) >= 11 is 4.77. The molecule has 18 heavy (non-hydrogen) atoms. The van der Waals surface area contributed by atoms with E-state index in [1.165, 1.54) is 6.92 Å². The van der Waals surface area contributed by atoms with Gasteiger partial charge in [0, 0.05) is 6.92 Å². The Morgan fingerprint density at radius 1 is 1.56 bits per heavy atom. The minimum atomic E-state index is -1.01. The summed E-state index contributed by atoms with van der Waals surface area (Å²) in [7, 11) is 0. The van der Waals surface area contributed by atoms with Crippen LogP contribution >= 0.6 is 27.7 Å². The molecule has 0 saturated heterocycles. The van der Waals surface area contributed by atoms with Gasteiger partial charge in [-0.2, -0.15) is 11.8 Å². The van der Waals surface area contributed by atoms with Gasteiger partial charge in [0.2, 0.25) is 5.91 Å². The summed E-state index contributed by atoms with van der Waals surface area (Å²) in [6.45, 7) is 1.31. The number of hydrogen-bond donors (Lipinski definition) is 2. The number of thioether (sulfide) groups is 1. The van der Waals surface area contributed by atoms with Gasteiger partial charge in [0.1, 0.15) is 11.8 Å². The lowest BCUT2D eigenvalue weighted by atomic mass is 10.2. The number of hydrogen-bond acceptors (Lipinski definition) is 4. The molecule has 1 aromatic rings. The van der Waals surface area contributed by atoms with Crippen molar-refractivity contribution >= 4 is 39.6 Å². The number of aliphatic carboxylic acids is 1. The Bertz CT molecular complexity index is 421. The maximum absolute atomic E-state index is 10.9. The Balaban J connectivity index is 2.26. The zero-order valence-corrected chi connectivity index (χ0v) is 12.2. The van der Waals surface area contributed by atoms with E-state index in [1.807, 2.05) is 12.1 Å². The van der Waals surface area contributed by atoms with Crippen molar-refractivity contribution in [3.63, 3.8) is 0 Å². The van der Waals surface area contributed by atoms with Crippen molar-refractivity contribution in [1.29, 1.82) is 0 Å². The Morgan fingerprint density at radius 2 is 2.28 bits per heavy atom. The van der Waals surface area contributed by atoms with Gasteiger partial charge in [0.25, 0.3) is 0 Å². The first-order valence-electron chi connectivity index (χ1n) is 5.31. The van der Waals surface area contributed by atoms with Gasteiger partial charge >= 0.3 is 5.97 Å². The zero-order chi connectivity index (χ0) is 13.5. The molecule has 0 spiro atoms.